The second-order valence-electron chi connectivity index (χ2n) is 1.22. The molecule has 1 saturated heterocycles. The van der Waals surface area contributed by atoms with Gasteiger partial charge < -0.3 is 9.47 Å². The van der Waals surface area contributed by atoms with Gasteiger partial charge in [-0.3, -0.25) is 0 Å². The summed E-state index contributed by atoms with van der Waals surface area (Å²) in [6, 6.07) is 0. The molecule has 1 rings (SSSR count). The summed E-state index contributed by atoms with van der Waals surface area (Å²) in [5.74, 6) is 0. The van der Waals surface area contributed by atoms with E-state index >= 15 is 0 Å². The van der Waals surface area contributed by atoms with Crippen LogP contribution in [0.25, 0.3) is 0 Å². The van der Waals surface area contributed by atoms with Crippen molar-refractivity contribution in [2.75, 3.05) is 26.4 Å². The average molecular weight is 166 g/mol. The van der Waals surface area contributed by atoms with E-state index in [1.54, 1.807) is 0 Å². The van der Waals surface area contributed by atoms with E-state index in [1.807, 2.05) is 0 Å². The average Bonchev–Trinajstić information content (AvgIpc) is 1.72. The SMILES string of the molecule is C1COCCO1.[AsH3]. The number of hydrogen-bond acceptors (Lipinski definition) is 2. The van der Waals surface area contributed by atoms with Gasteiger partial charge in [-0.25, -0.2) is 0 Å². The van der Waals surface area contributed by atoms with Crippen molar-refractivity contribution < 1.29 is 9.47 Å². The second-order valence-corrected chi connectivity index (χ2v) is 1.22. The Hall–Kier alpha value is 0.478. The maximum atomic E-state index is 4.94. The van der Waals surface area contributed by atoms with Crippen LogP contribution in [0.4, 0.5) is 0 Å². The summed E-state index contributed by atoms with van der Waals surface area (Å²) in [5, 5.41) is 0. The second kappa shape index (κ2) is 4.63. The Bertz CT molecular complexity index is 25.2. The molecule has 1 fully saturated rings. The van der Waals surface area contributed by atoms with Crippen molar-refractivity contribution in [3.05, 3.63) is 0 Å². The van der Waals surface area contributed by atoms with Crippen LogP contribution in [0.3, 0.4) is 0 Å². The summed E-state index contributed by atoms with van der Waals surface area (Å²) in [6.07, 6.45) is 0. The quantitative estimate of drug-likeness (QED) is 0.423. The first-order valence-electron chi connectivity index (χ1n) is 2.15. The van der Waals surface area contributed by atoms with E-state index in [1.165, 1.54) is 0 Å². The van der Waals surface area contributed by atoms with Gasteiger partial charge in [0.25, 0.3) is 0 Å². The molecule has 1 aliphatic heterocycles. The molecule has 0 aromatic heterocycles. The predicted molar refractivity (Wildman–Crippen MR) is 31.6 cm³/mol. The van der Waals surface area contributed by atoms with Crippen LogP contribution in [0.2, 0.25) is 0 Å². The van der Waals surface area contributed by atoms with Crippen LogP contribution in [-0.2, 0) is 9.47 Å². The molecule has 1 aliphatic rings. The third kappa shape index (κ3) is 3.10. The Morgan fingerprint density at radius 2 is 1.00 bits per heavy atom. The standard InChI is InChI=1S/C4H8O2.AsH3/c1-2-6-4-3-5-1;/h1-4H2;1H3. The van der Waals surface area contributed by atoms with Crippen LogP contribution < -0.4 is 0 Å². The Balaban J connectivity index is 0.000000360. The third-order valence-corrected chi connectivity index (χ3v) is 0.744. The van der Waals surface area contributed by atoms with Gasteiger partial charge in [0.1, 0.15) is 0 Å². The van der Waals surface area contributed by atoms with Crippen molar-refractivity contribution in [3.8, 4) is 0 Å². The molecule has 0 aliphatic carbocycles. The first-order valence-corrected chi connectivity index (χ1v) is 2.15. The van der Waals surface area contributed by atoms with Gasteiger partial charge in [-0.1, -0.05) is 0 Å². The van der Waals surface area contributed by atoms with Gasteiger partial charge in [-0.2, -0.15) is 0 Å². The van der Waals surface area contributed by atoms with E-state index in [0.29, 0.717) is 0 Å². The fourth-order valence-corrected chi connectivity index (χ4v) is 0.440. The minimum atomic E-state index is 0. The third-order valence-electron chi connectivity index (χ3n) is 0.744. The van der Waals surface area contributed by atoms with Crippen LogP contribution in [0.1, 0.15) is 0 Å². The van der Waals surface area contributed by atoms with Gasteiger partial charge in [0.15, 0.2) is 0 Å². The molecule has 0 bridgehead atoms. The van der Waals surface area contributed by atoms with Gasteiger partial charge in [0, 0.05) is 0 Å². The molecular formula is C4H11AsO2. The Morgan fingerprint density at radius 1 is 0.714 bits per heavy atom. The number of hydrogen-bond donors (Lipinski definition) is 0. The molecule has 0 amide bonds. The van der Waals surface area contributed by atoms with Crippen LogP contribution in [0, 0.1) is 0 Å². The summed E-state index contributed by atoms with van der Waals surface area (Å²) < 4.78 is 9.89. The molecule has 7 heavy (non-hydrogen) atoms. The van der Waals surface area contributed by atoms with Gasteiger partial charge in [0.2, 0.25) is 0 Å². The first-order chi connectivity index (χ1) is 3.00. The molecule has 0 spiro atoms. The molecule has 2 nitrogen and oxygen atoms in total. The van der Waals surface area contributed by atoms with E-state index in [9.17, 15) is 0 Å². The number of rotatable bonds is 0. The summed E-state index contributed by atoms with van der Waals surface area (Å²) in [7, 11) is 0. The Kier molecular flexibility index (Phi) is 4.95. The summed E-state index contributed by atoms with van der Waals surface area (Å²) in [6.45, 7) is 3.11. The molecule has 3 heteroatoms. The normalized spacial score (nSPS) is 20.6. The molecule has 1 heterocycles. The van der Waals surface area contributed by atoms with E-state index < -0.39 is 0 Å². The molecule has 0 saturated carbocycles. The summed E-state index contributed by atoms with van der Waals surface area (Å²) >= 11 is 0. The molecular weight excluding hydrogens is 155 g/mol. The van der Waals surface area contributed by atoms with Crippen molar-refractivity contribution in [1.82, 2.24) is 0 Å². The van der Waals surface area contributed by atoms with E-state index in [4.69, 9.17) is 9.47 Å². The van der Waals surface area contributed by atoms with Crippen molar-refractivity contribution >= 4 is 18.0 Å². The van der Waals surface area contributed by atoms with Crippen LogP contribution in [0.15, 0.2) is 0 Å². The zero-order valence-corrected chi connectivity index (χ0v) is 7.32. The van der Waals surface area contributed by atoms with Crippen molar-refractivity contribution in [2.45, 2.75) is 0 Å². The van der Waals surface area contributed by atoms with Gasteiger partial charge in [0.05, 0.1) is 26.4 Å². The minimum absolute atomic E-state index is 0. The summed E-state index contributed by atoms with van der Waals surface area (Å²) in [5.41, 5.74) is 0. The summed E-state index contributed by atoms with van der Waals surface area (Å²) in [4.78, 5) is 0. The van der Waals surface area contributed by atoms with Crippen molar-refractivity contribution in [2.24, 2.45) is 0 Å². The van der Waals surface area contributed by atoms with Crippen LogP contribution in [0.5, 0.6) is 0 Å². The van der Waals surface area contributed by atoms with E-state index in [2.05, 4.69) is 0 Å². The Morgan fingerprint density at radius 3 is 1.14 bits per heavy atom. The molecule has 0 aromatic rings. The Labute approximate surface area is 54.5 Å². The van der Waals surface area contributed by atoms with Crippen molar-refractivity contribution in [1.29, 1.82) is 0 Å². The zero-order chi connectivity index (χ0) is 4.24. The van der Waals surface area contributed by atoms with Gasteiger partial charge in [-0.15, -0.1) is 0 Å². The van der Waals surface area contributed by atoms with Gasteiger partial charge in [-0.05, 0) is 0 Å². The van der Waals surface area contributed by atoms with E-state index in [-0.39, 0.29) is 18.0 Å². The molecule has 0 N–H and O–H groups in total. The maximum absolute atomic E-state index is 4.94. The fourth-order valence-electron chi connectivity index (χ4n) is 0.440. The van der Waals surface area contributed by atoms with Crippen LogP contribution >= 0.6 is 0 Å². The van der Waals surface area contributed by atoms with E-state index in [0.717, 1.165) is 26.4 Å². The molecule has 1 unspecified atom stereocenters. The van der Waals surface area contributed by atoms with Crippen molar-refractivity contribution in [3.63, 3.8) is 0 Å². The molecule has 1 atom stereocenters. The number of ether oxygens (including phenoxy) is 2. The molecule has 44 valence electrons. The van der Waals surface area contributed by atoms with Gasteiger partial charge >= 0.3 is 18.0 Å². The van der Waals surface area contributed by atoms with Crippen LogP contribution in [-0.4, -0.2) is 44.4 Å². The predicted octanol–water partition coefficient (Wildman–Crippen LogP) is -1.15. The first kappa shape index (κ1) is 7.48. The molecule has 0 aromatic carbocycles. The monoisotopic (exact) mass is 166 g/mol. The fraction of sp³-hybridized carbons (Fsp3) is 1.00. The topological polar surface area (TPSA) is 18.5 Å². The zero-order valence-electron chi connectivity index (χ0n) is 4.35. The molecule has 0 radical (unpaired) electrons.